The summed E-state index contributed by atoms with van der Waals surface area (Å²) in [6.07, 6.45) is 22.7. The summed E-state index contributed by atoms with van der Waals surface area (Å²) in [5.74, 6) is 0. The van der Waals surface area contributed by atoms with Crippen molar-refractivity contribution < 1.29 is 4.12 Å². The van der Waals surface area contributed by atoms with Crippen LogP contribution in [0, 0.1) is 0 Å². The molecule has 0 atom stereocenters. The minimum absolute atomic E-state index is 0.947. The molecule has 0 heterocycles. The first-order valence-corrected chi connectivity index (χ1v) is 15.8. The van der Waals surface area contributed by atoms with E-state index < -0.39 is 17.4 Å². The third kappa shape index (κ3) is 4.15. The van der Waals surface area contributed by atoms with E-state index in [9.17, 15) is 0 Å². The molecule has 134 valence electrons. The second kappa shape index (κ2) is 8.66. The first-order chi connectivity index (χ1) is 11.2. The maximum absolute atomic E-state index is 7.33. The van der Waals surface area contributed by atoms with E-state index in [0.29, 0.717) is 0 Å². The number of hydrogen-bond acceptors (Lipinski definition) is 1. The Bertz CT molecular complexity index is 294. The predicted octanol–water partition coefficient (Wildman–Crippen LogP) is 6.93. The fourth-order valence-corrected chi connectivity index (χ4v) is 17.9. The minimum Gasteiger partial charge on any atom is -0.457 e. The summed E-state index contributed by atoms with van der Waals surface area (Å²) in [6.45, 7) is 4.94. The van der Waals surface area contributed by atoms with Gasteiger partial charge in [-0.05, 0) is 29.7 Å². The maximum Gasteiger partial charge on any atom is 0.188 e. The number of hydrogen-bond donors (Lipinski definition) is 0. The third-order valence-corrected chi connectivity index (χ3v) is 16.2. The van der Waals surface area contributed by atoms with E-state index in [1.165, 1.54) is 96.3 Å². The van der Waals surface area contributed by atoms with Crippen LogP contribution in [-0.2, 0) is 4.12 Å². The SMILES string of the molecule is C[SiH](C)O[Si](C1CCCCC1)(C1CCCCC1)C1CCCCC1. The molecule has 0 aromatic heterocycles. The second-order valence-corrected chi connectivity index (χ2v) is 16.2. The maximum atomic E-state index is 7.33. The lowest BCUT2D eigenvalue weighted by molar-refractivity contribution is 0.347. The van der Waals surface area contributed by atoms with E-state index >= 15 is 0 Å². The molecule has 23 heavy (non-hydrogen) atoms. The molecule has 3 aliphatic rings. The van der Waals surface area contributed by atoms with Gasteiger partial charge in [0.2, 0.25) is 0 Å². The van der Waals surface area contributed by atoms with Gasteiger partial charge < -0.3 is 4.12 Å². The van der Waals surface area contributed by atoms with Gasteiger partial charge in [0, 0.05) is 0 Å². The van der Waals surface area contributed by atoms with Crippen molar-refractivity contribution in [2.24, 2.45) is 0 Å². The van der Waals surface area contributed by atoms with Crippen molar-refractivity contribution in [3.63, 3.8) is 0 Å². The molecule has 0 unspecified atom stereocenters. The smallest absolute Gasteiger partial charge is 0.188 e. The van der Waals surface area contributed by atoms with Crippen LogP contribution in [0.2, 0.25) is 29.7 Å². The van der Waals surface area contributed by atoms with Gasteiger partial charge in [-0.2, -0.15) is 0 Å². The molecule has 0 saturated heterocycles. The Labute approximate surface area is 147 Å². The van der Waals surface area contributed by atoms with Crippen LogP contribution in [0.3, 0.4) is 0 Å². The van der Waals surface area contributed by atoms with E-state index in [0.717, 1.165) is 16.6 Å². The fraction of sp³-hybridized carbons (Fsp3) is 1.00. The van der Waals surface area contributed by atoms with Crippen LogP contribution < -0.4 is 0 Å². The van der Waals surface area contributed by atoms with E-state index in [1.54, 1.807) is 0 Å². The number of rotatable bonds is 5. The van der Waals surface area contributed by atoms with Gasteiger partial charge in [0.05, 0.1) is 0 Å². The van der Waals surface area contributed by atoms with E-state index in [1.807, 2.05) is 0 Å². The molecule has 0 radical (unpaired) electrons. The predicted molar refractivity (Wildman–Crippen MR) is 106 cm³/mol. The van der Waals surface area contributed by atoms with Gasteiger partial charge in [-0.25, -0.2) is 0 Å². The van der Waals surface area contributed by atoms with Crippen LogP contribution in [0.4, 0.5) is 0 Å². The summed E-state index contributed by atoms with van der Waals surface area (Å²) in [5, 5.41) is 0. The Morgan fingerprint density at radius 1 is 0.565 bits per heavy atom. The van der Waals surface area contributed by atoms with E-state index in [4.69, 9.17) is 4.12 Å². The molecule has 0 bridgehead atoms. The molecule has 0 amide bonds. The van der Waals surface area contributed by atoms with Gasteiger partial charge in [-0.15, -0.1) is 0 Å². The summed E-state index contributed by atoms with van der Waals surface area (Å²) in [6, 6.07) is 0. The largest absolute Gasteiger partial charge is 0.457 e. The van der Waals surface area contributed by atoms with Crippen LogP contribution >= 0.6 is 0 Å². The highest BCUT2D eigenvalue weighted by atomic mass is 28.4. The van der Waals surface area contributed by atoms with E-state index in [-0.39, 0.29) is 0 Å². The van der Waals surface area contributed by atoms with Gasteiger partial charge in [0.25, 0.3) is 0 Å². The Morgan fingerprint density at radius 3 is 1.13 bits per heavy atom. The van der Waals surface area contributed by atoms with Crippen molar-refractivity contribution >= 4 is 17.4 Å². The van der Waals surface area contributed by atoms with Crippen molar-refractivity contribution in [1.29, 1.82) is 0 Å². The molecular formula is C20H40OSi2. The van der Waals surface area contributed by atoms with Crippen LogP contribution in [0.5, 0.6) is 0 Å². The highest BCUT2D eigenvalue weighted by molar-refractivity contribution is 6.83. The summed E-state index contributed by atoms with van der Waals surface area (Å²) < 4.78 is 7.33. The quantitative estimate of drug-likeness (QED) is 0.487. The molecule has 0 aromatic carbocycles. The topological polar surface area (TPSA) is 9.23 Å². The van der Waals surface area contributed by atoms with Crippen LogP contribution in [0.25, 0.3) is 0 Å². The highest BCUT2D eigenvalue weighted by Crippen LogP contribution is 2.57. The monoisotopic (exact) mass is 352 g/mol. The zero-order chi connectivity index (χ0) is 16.1. The van der Waals surface area contributed by atoms with Gasteiger partial charge in [0.1, 0.15) is 0 Å². The van der Waals surface area contributed by atoms with Crippen molar-refractivity contribution in [3.05, 3.63) is 0 Å². The Hall–Kier alpha value is 0.394. The zero-order valence-electron chi connectivity index (χ0n) is 15.8. The van der Waals surface area contributed by atoms with Crippen molar-refractivity contribution in [1.82, 2.24) is 0 Å². The Balaban J connectivity index is 1.91. The Kier molecular flexibility index (Phi) is 6.85. The molecule has 0 N–H and O–H groups in total. The summed E-state index contributed by atoms with van der Waals surface area (Å²) in [5.41, 5.74) is 3.08. The average Bonchev–Trinajstić information content (AvgIpc) is 2.62. The van der Waals surface area contributed by atoms with Crippen LogP contribution in [0.15, 0.2) is 0 Å². The van der Waals surface area contributed by atoms with E-state index in [2.05, 4.69) is 13.1 Å². The zero-order valence-corrected chi connectivity index (χ0v) is 18.0. The fourth-order valence-electron chi connectivity index (χ4n) is 6.36. The molecule has 3 heteroatoms. The van der Waals surface area contributed by atoms with Gasteiger partial charge in [-0.3, -0.25) is 0 Å². The Morgan fingerprint density at radius 2 is 0.870 bits per heavy atom. The van der Waals surface area contributed by atoms with Gasteiger partial charge in [0.15, 0.2) is 17.4 Å². The lowest BCUT2D eigenvalue weighted by Crippen LogP contribution is -2.55. The molecule has 0 spiro atoms. The minimum atomic E-state index is -1.59. The standard InChI is InChI=1S/C20H40OSi2/c1-22(2)21-23(18-12-6-3-7-13-18,19-14-8-4-9-15-19)20-16-10-5-11-17-20/h18-20,22H,3-17H2,1-2H3. The second-order valence-electron chi connectivity index (χ2n) is 9.02. The average molecular weight is 353 g/mol. The third-order valence-electron chi connectivity index (χ3n) is 7.17. The molecule has 0 aromatic rings. The summed E-state index contributed by atoms with van der Waals surface area (Å²) >= 11 is 0. The van der Waals surface area contributed by atoms with Gasteiger partial charge >= 0.3 is 0 Å². The van der Waals surface area contributed by atoms with Crippen molar-refractivity contribution in [2.75, 3.05) is 0 Å². The molecule has 3 aliphatic carbocycles. The first kappa shape index (κ1) is 18.2. The first-order valence-electron chi connectivity index (χ1n) is 10.9. The van der Waals surface area contributed by atoms with Gasteiger partial charge in [-0.1, -0.05) is 96.3 Å². The van der Waals surface area contributed by atoms with Crippen molar-refractivity contribution in [2.45, 2.75) is 126 Å². The molecule has 3 rings (SSSR count). The normalized spacial score (nSPS) is 26.7. The highest BCUT2D eigenvalue weighted by Gasteiger charge is 2.54. The van der Waals surface area contributed by atoms with Crippen molar-refractivity contribution in [3.8, 4) is 0 Å². The summed E-state index contributed by atoms with van der Waals surface area (Å²) in [7, 11) is -2.54. The lowest BCUT2D eigenvalue weighted by atomic mass is 9.98. The molecule has 3 saturated carbocycles. The molecular weight excluding hydrogens is 312 g/mol. The molecule has 1 nitrogen and oxygen atoms in total. The van der Waals surface area contributed by atoms with Crippen LogP contribution in [-0.4, -0.2) is 17.4 Å². The van der Waals surface area contributed by atoms with Crippen LogP contribution in [0.1, 0.15) is 96.3 Å². The molecule has 0 aliphatic heterocycles. The lowest BCUT2D eigenvalue weighted by Gasteiger charge is -2.53. The summed E-state index contributed by atoms with van der Waals surface area (Å²) in [4.78, 5) is 0. The molecule has 3 fully saturated rings.